The summed E-state index contributed by atoms with van der Waals surface area (Å²) in [5.74, 6) is 1.95. The lowest BCUT2D eigenvalue weighted by Gasteiger charge is -2.37. The summed E-state index contributed by atoms with van der Waals surface area (Å²) >= 11 is 0. The zero-order valence-corrected chi connectivity index (χ0v) is 12.3. The molecule has 1 N–H and O–H groups in total. The number of hydrogen-bond acceptors (Lipinski definition) is 2. The molecule has 17 heavy (non-hydrogen) atoms. The van der Waals surface area contributed by atoms with E-state index in [9.17, 15) is 0 Å². The highest BCUT2D eigenvalue weighted by Crippen LogP contribution is 2.30. The monoisotopic (exact) mass is 260 g/mol. The van der Waals surface area contributed by atoms with Crippen LogP contribution in [0.4, 0.5) is 0 Å². The first-order chi connectivity index (χ1) is 7.79. The molecule has 1 heterocycles. The van der Waals surface area contributed by atoms with Gasteiger partial charge in [-0.2, -0.15) is 0 Å². The minimum atomic E-state index is 0. The topological polar surface area (TPSA) is 15.3 Å². The third-order valence-electron chi connectivity index (χ3n) is 4.78. The number of halogens is 1. The van der Waals surface area contributed by atoms with Gasteiger partial charge in [-0.05, 0) is 51.2 Å². The van der Waals surface area contributed by atoms with Crippen LogP contribution in [0, 0.1) is 11.8 Å². The molecule has 2 atom stereocenters. The molecular weight excluding hydrogens is 232 g/mol. The summed E-state index contributed by atoms with van der Waals surface area (Å²) in [5, 5.41) is 3.41. The number of piperidine rings is 1. The third-order valence-corrected chi connectivity index (χ3v) is 4.78. The molecule has 0 amide bonds. The first-order valence-corrected chi connectivity index (χ1v) is 7.19. The van der Waals surface area contributed by atoms with Gasteiger partial charge in [0, 0.05) is 12.6 Å². The highest BCUT2D eigenvalue weighted by Gasteiger charge is 2.25. The maximum Gasteiger partial charge on any atom is 0.00884 e. The predicted molar refractivity (Wildman–Crippen MR) is 76.9 cm³/mol. The van der Waals surface area contributed by atoms with Crippen molar-refractivity contribution in [1.82, 2.24) is 10.2 Å². The number of nitrogens with zero attached hydrogens (tertiary/aromatic N) is 1. The Morgan fingerprint density at radius 1 is 1.06 bits per heavy atom. The fourth-order valence-corrected chi connectivity index (χ4v) is 3.40. The molecule has 1 aliphatic heterocycles. The van der Waals surface area contributed by atoms with Crippen molar-refractivity contribution in [2.45, 2.75) is 51.5 Å². The Bertz CT molecular complexity index is 202. The van der Waals surface area contributed by atoms with Crippen LogP contribution in [-0.2, 0) is 0 Å². The summed E-state index contributed by atoms with van der Waals surface area (Å²) in [6.45, 7) is 6.46. The highest BCUT2D eigenvalue weighted by atomic mass is 35.5. The van der Waals surface area contributed by atoms with Crippen LogP contribution in [0.15, 0.2) is 0 Å². The summed E-state index contributed by atoms with van der Waals surface area (Å²) in [5.41, 5.74) is 0. The molecule has 102 valence electrons. The van der Waals surface area contributed by atoms with E-state index in [1.54, 1.807) is 0 Å². The van der Waals surface area contributed by atoms with E-state index in [1.165, 1.54) is 58.2 Å². The number of likely N-dealkylation sites (tertiary alicyclic amines) is 1. The van der Waals surface area contributed by atoms with Crippen molar-refractivity contribution in [3.05, 3.63) is 0 Å². The molecule has 0 radical (unpaired) electrons. The van der Waals surface area contributed by atoms with E-state index in [0.717, 1.165) is 17.9 Å². The van der Waals surface area contributed by atoms with Crippen LogP contribution in [-0.4, -0.2) is 37.6 Å². The van der Waals surface area contributed by atoms with Crippen LogP contribution in [0.25, 0.3) is 0 Å². The number of hydrogen-bond donors (Lipinski definition) is 1. The summed E-state index contributed by atoms with van der Waals surface area (Å²) < 4.78 is 0. The Morgan fingerprint density at radius 2 is 1.71 bits per heavy atom. The fourth-order valence-electron chi connectivity index (χ4n) is 3.40. The summed E-state index contributed by atoms with van der Waals surface area (Å²) in [6, 6.07) is 0.778. The van der Waals surface area contributed by atoms with Crippen LogP contribution < -0.4 is 5.32 Å². The first kappa shape index (κ1) is 15.3. The Morgan fingerprint density at radius 3 is 2.29 bits per heavy atom. The van der Waals surface area contributed by atoms with Gasteiger partial charge in [-0.1, -0.05) is 26.2 Å². The van der Waals surface area contributed by atoms with Gasteiger partial charge in [-0.25, -0.2) is 0 Å². The molecule has 2 rings (SSSR count). The van der Waals surface area contributed by atoms with Crippen molar-refractivity contribution in [1.29, 1.82) is 0 Å². The zero-order chi connectivity index (χ0) is 11.4. The minimum Gasteiger partial charge on any atom is -0.317 e. The molecule has 1 saturated carbocycles. The van der Waals surface area contributed by atoms with Crippen molar-refractivity contribution in [2.24, 2.45) is 11.8 Å². The number of nitrogens with one attached hydrogen (secondary N) is 1. The largest absolute Gasteiger partial charge is 0.317 e. The van der Waals surface area contributed by atoms with Gasteiger partial charge in [0.2, 0.25) is 0 Å². The van der Waals surface area contributed by atoms with Gasteiger partial charge < -0.3 is 10.2 Å². The molecule has 2 aliphatic rings. The van der Waals surface area contributed by atoms with Crippen LogP contribution in [0.5, 0.6) is 0 Å². The second kappa shape index (κ2) is 7.60. The van der Waals surface area contributed by atoms with Crippen molar-refractivity contribution < 1.29 is 0 Å². The van der Waals surface area contributed by atoms with Crippen molar-refractivity contribution in [3.8, 4) is 0 Å². The predicted octanol–water partition coefficient (Wildman–Crippen LogP) is 2.92. The molecule has 3 heteroatoms. The van der Waals surface area contributed by atoms with Crippen LogP contribution in [0.3, 0.4) is 0 Å². The van der Waals surface area contributed by atoms with E-state index in [1.807, 2.05) is 0 Å². The van der Waals surface area contributed by atoms with Crippen molar-refractivity contribution in [2.75, 3.05) is 26.7 Å². The molecule has 2 nitrogen and oxygen atoms in total. The minimum absolute atomic E-state index is 0. The summed E-state index contributed by atoms with van der Waals surface area (Å²) in [7, 11) is 2.10. The van der Waals surface area contributed by atoms with Gasteiger partial charge in [0.05, 0.1) is 0 Å². The lowest BCUT2D eigenvalue weighted by atomic mass is 9.80. The molecule has 2 unspecified atom stereocenters. The van der Waals surface area contributed by atoms with E-state index in [2.05, 4.69) is 24.2 Å². The van der Waals surface area contributed by atoms with E-state index in [4.69, 9.17) is 0 Å². The Hall–Kier alpha value is 0.210. The smallest absolute Gasteiger partial charge is 0.00884 e. The molecule has 0 aromatic rings. The molecular formula is C14H29ClN2. The Balaban J connectivity index is 0.00000144. The van der Waals surface area contributed by atoms with Gasteiger partial charge in [0.25, 0.3) is 0 Å². The van der Waals surface area contributed by atoms with E-state index < -0.39 is 0 Å². The molecule has 0 aromatic heterocycles. The van der Waals surface area contributed by atoms with Gasteiger partial charge in [0.15, 0.2) is 0 Å². The van der Waals surface area contributed by atoms with E-state index in [0.29, 0.717) is 0 Å². The Kier molecular flexibility index (Phi) is 6.83. The SMILES string of the molecule is CNC1CCN(CC2CCCCC2C)CC1.Cl. The molecule has 1 aliphatic carbocycles. The molecule has 0 aromatic carbocycles. The highest BCUT2D eigenvalue weighted by molar-refractivity contribution is 5.85. The van der Waals surface area contributed by atoms with Crippen LogP contribution in [0.2, 0.25) is 0 Å². The van der Waals surface area contributed by atoms with Gasteiger partial charge >= 0.3 is 0 Å². The van der Waals surface area contributed by atoms with Crippen LogP contribution >= 0.6 is 12.4 Å². The lowest BCUT2D eigenvalue weighted by Crippen LogP contribution is -2.44. The van der Waals surface area contributed by atoms with Gasteiger partial charge in [0.1, 0.15) is 0 Å². The lowest BCUT2D eigenvalue weighted by molar-refractivity contribution is 0.131. The summed E-state index contributed by atoms with van der Waals surface area (Å²) in [4.78, 5) is 2.71. The standard InChI is InChI=1S/C14H28N2.ClH/c1-12-5-3-4-6-13(12)11-16-9-7-14(15-2)8-10-16;/h12-15H,3-11H2,1-2H3;1H. The average molecular weight is 261 g/mol. The number of rotatable bonds is 3. The Labute approximate surface area is 113 Å². The average Bonchev–Trinajstić information content (AvgIpc) is 2.33. The molecule has 2 fully saturated rings. The molecule has 0 spiro atoms. The molecule has 0 bridgehead atoms. The van der Waals surface area contributed by atoms with Crippen molar-refractivity contribution in [3.63, 3.8) is 0 Å². The fraction of sp³-hybridized carbons (Fsp3) is 1.00. The second-order valence-electron chi connectivity index (χ2n) is 5.89. The molecule has 1 saturated heterocycles. The van der Waals surface area contributed by atoms with Crippen LogP contribution in [0.1, 0.15) is 45.4 Å². The third kappa shape index (κ3) is 4.42. The zero-order valence-electron chi connectivity index (χ0n) is 11.5. The first-order valence-electron chi connectivity index (χ1n) is 7.19. The normalized spacial score (nSPS) is 32.1. The van der Waals surface area contributed by atoms with Gasteiger partial charge in [-0.3, -0.25) is 0 Å². The van der Waals surface area contributed by atoms with E-state index >= 15 is 0 Å². The second-order valence-corrected chi connectivity index (χ2v) is 5.89. The quantitative estimate of drug-likeness (QED) is 0.840. The maximum atomic E-state index is 3.41. The summed E-state index contributed by atoms with van der Waals surface area (Å²) in [6.07, 6.45) is 8.58. The maximum absolute atomic E-state index is 3.41. The van der Waals surface area contributed by atoms with Gasteiger partial charge in [-0.15, -0.1) is 12.4 Å². The van der Waals surface area contributed by atoms with E-state index in [-0.39, 0.29) is 12.4 Å². The van der Waals surface area contributed by atoms with Crippen molar-refractivity contribution >= 4 is 12.4 Å².